The van der Waals surface area contributed by atoms with Crippen LogP contribution in [0.2, 0.25) is 0 Å². The molecule has 2 unspecified atom stereocenters. The van der Waals surface area contributed by atoms with Gasteiger partial charge in [0, 0.05) is 16.6 Å². The summed E-state index contributed by atoms with van der Waals surface area (Å²) in [4.78, 5) is 12.0. The van der Waals surface area contributed by atoms with E-state index in [0.717, 1.165) is 12.5 Å². The number of rotatable bonds is 6. The van der Waals surface area contributed by atoms with Crippen molar-refractivity contribution in [2.24, 2.45) is 5.92 Å². The second-order valence-corrected chi connectivity index (χ2v) is 7.01. The van der Waals surface area contributed by atoms with Gasteiger partial charge in [0.05, 0.1) is 11.4 Å². The Hall–Kier alpha value is -1.43. The Balaban J connectivity index is 2.63. The van der Waals surface area contributed by atoms with Crippen LogP contribution in [0.15, 0.2) is 18.2 Å². The molecule has 1 rings (SSSR count). The number of hydrogen-bond donors (Lipinski definition) is 2. The van der Waals surface area contributed by atoms with Crippen molar-refractivity contribution >= 4 is 28.1 Å². The Kier molecular flexibility index (Phi) is 6.13. The van der Waals surface area contributed by atoms with Gasteiger partial charge in [-0.1, -0.05) is 13.8 Å². The second kappa shape index (κ2) is 7.38. The number of nitrogens with one attached hydrogen (secondary N) is 1. The molecule has 1 aromatic rings. The van der Waals surface area contributed by atoms with Gasteiger partial charge < -0.3 is 11.1 Å². The van der Waals surface area contributed by atoms with Gasteiger partial charge in [0.25, 0.3) is 0 Å². The van der Waals surface area contributed by atoms with Gasteiger partial charge in [-0.05, 0) is 37.5 Å². The van der Waals surface area contributed by atoms with Crippen LogP contribution in [0.4, 0.5) is 15.8 Å². The van der Waals surface area contributed by atoms with E-state index in [2.05, 4.69) is 5.32 Å². The van der Waals surface area contributed by atoms with E-state index in [9.17, 15) is 13.4 Å². The lowest BCUT2D eigenvalue weighted by Crippen LogP contribution is -2.30. The lowest BCUT2D eigenvalue weighted by Gasteiger charge is -2.14. The number of hydrogen-bond acceptors (Lipinski definition) is 3. The van der Waals surface area contributed by atoms with Gasteiger partial charge in [0.15, 0.2) is 0 Å². The number of nitrogens with two attached hydrogens (primary N) is 1. The summed E-state index contributed by atoms with van der Waals surface area (Å²) in [6, 6.07) is 3.74. The van der Waals surface area contributed by atoms with Crippen LogP contribution >= 0.6 is 0 Å². The zero-order chi connectivity index (χ0) is 15.3. The van der Waals surface area contributed by atoms with E-state index < -0.39 is 21.9 Å². The van der Waals surface area contributed by atoms with Crippen LogP contribution in [0, 0.1) is 11.7 Å². The predicted octanol–water partition coefficient (Wildman–Crippen LogP) is 2.53. The molecule has 0 spiro atoms. The number of amides is 1. The highest BCUT2D eigenvalue weighted by molar-refractivity contribution is 7.86. The summed E-state index contributed by atoms with van der Waals surface area (Å²) in [5.41, 5.74) is 6.10. The first kappa shape index (κ1) is 16.6. The molecule has 0 saturated heterocycles. The van der Waals surface area contributed by atoms with E-state index >= 15 is 0 Å². The maximum absolute atomic E-state index is 12.9. The molecule has 0 aromatic heterocycles. The fourth-order valence-corrected chi connectivity index (χ4v) is 2.88. The van der Waals surface area contributed by atoms with Gasteiger partial charge in [0.1, 0.15) is 11.1 Å². The number of anilines is 2. The minimum absolute atomic E-state index is 0.151. The molecule has 1 amide bonds. The van der Waals surface area contributed by atoms with E-state index in [1.807, 2.05) is 13.8 Å². The van der Waals surface area contributed by atoms with Crippen LogP contribution in [0.25, 0.3) is 0 Å². The van der Waals surface area contributed by atoms with Crippen molar-refractivity contribution in [2.45, 2.75) is 32.4 Å². The summed E-state index contributed by atoms with van der Waals surface area (Å²) in [5.74, 6) is 0.104. The van der Waals surface area contributed by atoms with Gasteiger partial charge in [-0.25, -0.2) is 4.39 Å². The Morgan fingerprint density at radius 3 is 2.60 bits per heavy atom. The van der Waals surface area contributed by atoms with Crippen molar-refractivity contribution in [1.29, 1.82) is 0 Å². The summed E-state index contributed by atoms with van der Waals surface area (Å²) in [7, 11) is -1.23. The first-order chi connectivity index (χ1) is 9.31. The predicted molar refractivity (Wildman–Crippen MR) is 81.4 cm³/mol. The molecule has 0 radical (unpaired) electrons. The Morgan fingerprint density at radius 2 is 2.05 bits per heavy atom. The summed E-state index contributed by atoms with van der Waals surface area (Å²) >= 11 is 0. The zero-order valence-electron chi connectivity index (χ0n) is 12.0. The Morgan fingerprint density at radius 1 is 1.40 bits per heavy atom. The van der Waals surface area contributed by atoms with Crippen molar-refractivity contribution in [3.63, 3.8) is 0 Å². The smallest absolute Gasteiger partial charge is 0.239 e. The molecule has 0 aliphatic rings. The SMILES string of the molecule is CC(C)CCS(=O)C(C)C(=O)Nc1ccc(F)cc1N. The highest BCUT2D eigenvalue weighted by Gasteiger charge is 2.20. The highest BCUT2D eigenvalue weighted by Crippen LogP contribution is 2.19. The maximum atomic E-state index is 12.9. The number of carbonyl (C=O) groups excluding carboxylic acids is 1. The largest absolute Gasteiger partial charge is 0.397 e. The first-order valence-electron chi connectivity index (χ1n) is 6.54. The molecule has 1 aromatic carbocycles. The molecule has 4 nitrogen and oxygen atoms in total. The van der Waals surface area contributed by atoms with E-state index in [0.29, 0.717) is 17.4 Å². The minimum Gasteiger partial charge on any atom is -0.397 e. The molecular formula is C14H21FN2O2S. The van der Waals surface area contributed by atoms with Crippen molar-refractivity contribution in [1.82, 2.24) is 0 Å². The van der Waals surface area contributed by atoms with Crippen molar-refractivity contribution in [2.75, 3.05) is 16.8 Å². The highest BCUT2D eigenvalue weighted by atomic mass is 32.2. The van der Waals surface area contributed by atoms with Gasteiger partial charge >= 0.3 is 0 Å². The molecule has 0 aliphatic carbocycles. The van der Waals surface area contributed by atoms with E-state index in [4.69, 9.17) is 5.73 Å². The number of benzene rings is 1. The summed E-state index contributed by atoms with van der Waals surface area (Å²) in [6.45, 7) is 5.70. The lowest BCUT2D eigenvalue weighted by molar-refractivity contribution is -0.115. The quantitative estimate of drug-likeness (QED) is 0.793. The maximum Gasteiger partial charge on any atom is 0.239 e. The summed E-state index contributed by atoms with van der Waals surface area (Å²) < 4.78 is 24.9. The second-order valence-electron chi connectivity index (χ2n) is 5.13. The monoisotopic (exact) mass is 300 g/mol. The molecular weight excluding hydrogens is 279 g/mol. The molecule has 20 heavy (non-hydrogen) atoms. The van der Waals surface area contributed by atoms with E-state index in [-0.39, 0.29) is 11.6 Å². The third-order valence-electron chi connectivity index (χ3n) is 2.93. The molecule has 0 aliphatic heterocycles. The van der Waals surface area contributed by atoms with E-state index in [1.54, 1.807) is 6.92 Å². The van der Waals surface area contributed by atoms with Gasteiger partial charge in [-0.15, -0.1) is 0 Å². The Bertz CT molecular complexity index is 506. The van der Waals surface area contributed by atoms with Crippen molar-refractivity contribution in [3.05, 3.63) is 24.0 Å². The minimum atomic E-state index is -1.23. The zero-order valence-corrected chi connectivity index (χ0v) is 12.8. The molecule has 3 N–H and O–H groups in total. The third kappa shape index (κ3) is 4.92. The van der Waals surface area contributed by atoms with Crippen LogP contribution in [0.3, 0.4) is 0 Å². The fourth-order valence-electron chi connectivity index (χ4n) is 1.53. The number of carbonyl (C=O) groups is 1. The van der Waals surface area contributed by atoms with Crippen LogP contribution in [0.1, 0.15) is 27.2 Å². The van der Waals surface area contributed by atoms with Gasteiger partial charge in [0.2, 0.25) is 5.91 Å². The molecule has 0 bridgehead atoms. The average molecular weight is 300 g/mol. The van der Waals surface area contributed by atoms with Crippen LogP contribution in [-0.2, 0) is 15.6 Å². The number of nitrogen functional groups attached to an aromatic ring is 1. The molecule has 0 heterocycles. The molecule has 112 valence electrons. The molecule has 6 heteroatoms. The molecule has 2 atom stereocenters. The van der Waals surface area contributed by atoms with Crippen LogP contribution in [0.5, 0.6) is 0 Å². The van der Waals surface area contributed by atoms with Crippen molar-refractivity contribution in [3.8, 4) is 0 Å². The first-order valence-corrected chi connectivity index (χ1v) is 7.92. The summed E-state index contributed by atoms with van der Waals surface area (Å²) in [6.07, 6.45) is 0.808. The fraction of sp³-hybridized carbons (Fsp3) is 0.500. The van der Waals surface area contributed by atoms with Crippen LogP contribution in [-0.4, -0.2) is 21.1 Å². The standard InChI is InChI=1S/C14H21FN2O2S/c1-9(2)6-7-20(19)10(3)14(18)17-13-5-4-11(15)8-12(13)16/h4-5,8-10H,6-7,16H2,1-3H3,(H,17,18). The topological polar surface area (TPSA) is 72.2 Å². The molecule has 0 fully saturated rings. The Labute approximate surface area is 121 Å². The lowest BCUT2D eigenvalue weighted by atomic mass is 10.2. The van der Waals surface area contributed by atoms with Crippen molar-refractivity contribution < 1.29 is 13.4 Å². The third-order valence-corrected chi connectivity index (χ3v) is 4.57. The van der Waals surface area contributed by atoms with Gasteiger partial charge in [-0.3, -0.25) is 9.00 Å². The van der Waals surface area contributed by atoms with E-state index in [1.165, 1.54) is 12.1 Å². The average Bonchev–Trinajstić information content (AvgIpc) is 2.38. The molecule has 0 saturated carbocycles. The normalized spacial score (nSPS) is 14.1. The van der Waals surface area contributed by atoms with Crippen LogP contribution < -0.4 is 11.1 Å². The number of halogens is 1. The summed E-state index contributed by atoms with van der Waals surface area (Å²) in [5, 5.41) is 1.96. The van der Waals surface area contributed by atoms with Gasteiger partial charge in [-0.2, -0.15) is 0 Å².